The third kappa shape index (κ3) is 3.19. The van der Waals surface area contributed by atoms with Gasteiger partial charge in [-0.05, 0) is 42.7 Å². The third-order valence-electron chi connectivity index (χ3n) is 3.76. The van der Waals surface area contributed by atoms with Gasteiger partial charge in [0.1, 0.15) is 5.75 Å². The fourth-order valence-electron chi connectivity index (χ4n) is 2.30. The number of thiol groups is 1. The molecule has 94 valence electrons. The SMILES string of the molecule is CCCc1ccc(OCC2(CS)CCC2)cc1. The van der Waals surface area contributed by atoms with Crippen LogP contribution in [0.4, 0.5) is 0 Å². The Labute approximate surface area is 110 Å². The minimum Gasteiger partial charge on any atom is -0.493 e. The normalized spacial score (nSPS) is 17.5. The van der Waals surface area contributed by atoms with Crippen LogP contribution >= 0.6 is 12.6 Å². The fraction of sp³-hybridized carbons (Fsp3) is 0.600. The van der Waals surface area contributed by atoms with Crippen molar-refractivity contribution in [3.8, 4) is 5.75 Å². The van der Waals surface area contributed by atoms with E-state index in [0.29, 0.717) is 5.41 Å². The van der Waals surface area contributed by atoms with Crippen molar-refractivity contribution in [3.05, 3.63) is 29.8 Å². The zero-order chi connectivity index (χ0) is 12.1. The number of hydrogen-bond donors (Lipinski definition) is 1. The molecule has 0 aromatic heterocycles. The van der Waals surface area contributed by atoms with Crippen molar-refractivity contribution in [1.29, 1.82) is 0 Å². The Hall–Kier alpha value is -0.630. The highest BCUT2D eigenvalue weighted by atomic mass is 32.1. The minimum atomic E-state index is 0.352. The van der Waals surface area contributed by atoms with Crippen LogP contribution in [0.25, 0.3) is 0 Å². The highest BCUT2D eigenvalue weighted by Crippen LogP contribution is 2.42. The van der Waals surface area contributed by atoms with Crippen molar-refractivity contribution in [2.75, 3.05) is 12.4 Å². The zero-order valence-corrected chi connectivity index (χ0v) is 11.5. The molecule has 0 atom stereocenters. The lowest BCUT2D eigenvalue weighted by atomic mass is 9.71. The standard InChI is InChI=1S/C15H22OS/c1-2-4-13-5-7-14(8-6-13)16-11-15(12-17)9-3-10-15/h5-8,17H,2-4,9-12H2,1H3. The summed E-state index contributed by atoms with van der Waals surface area (Å²) >= 11 is 4.44. The van der Waals surface area contributed by atoms with Crippen molar-refractivity contribution in [2.45, 2.75) is 39.0 Å². The van der Waals surface area contributed by atoms with E-state index in [1.807, 2.05) is 0 Å². The van der Waals surface area contributed by atoms with Crippen molar-refractivity contribution < 1.29 is 4.74 Å². The van der Waals surface area contributed by atoms with Crippen molar-refractivity contribution >= 4 is 12.6 Å². The van der Waals surface area contributed by atoms with Crippen LogP contribution in [0, 0.1) is 5.41 Å². The lowest BCUT2D eigenvalue weighted by Crippen LogP contribution is -2.37. The molecule has 0 aliphatic heterocycles. The van der Waals surface area contributed by atoms with Gasteiger partial charge in [0, 0.05) is 5.41 Å². The fourth-order valence-corrected chi connectivity index (χ4v) is 2.71. The van der Waals surface area contributed by atoms with E-state index in [1.165, 1.54) is 31.2 Å². The predicted octanol–water partition coefficient (Wildman–Crippen LogP) is 4.12. The maximum absolute atomic E-state index is 5.89. The molecule has 1 aliphatic carbocycles. The molecular formula is C15H22OS. The highest BCUT2D eigenvalue weighted by Gasteiger charge is 2.36. The van der Waals surface area contributed by atoms with Gasteiger partial charge in [0.25, 0.3) is 0 Å². The van der Waals surface area contributed by atoms with Gasteiger partial charge in [-0.25, -0.2) is 0 Å². The van der Waals surface area contributed by atoms with E-state index in [9.17, 15) is 0 Å². The Kier molecular flexibility index (Phi) is 4.38. The second-order valence-corrected chi connectivity index (χ2v) is 5.51. The van der Waals surface area contributed by atoms with Crippen LogP contribution in [0.15, 0.2) is 24.3 Å². The van der Waals surface area contributed by atoms with Crippen molar-refractivity contribution in [2.24, 2.45) is 5.41 Å². The molecule has 0 amide bonds. The Morgan fingerprint density at radius 2 is 1.94 bits per heavy atom. The number of ether oxygens (including phenoxy) is 1. The summed E-state index contributed by atoms with van der Waals surface area (Å²) in [6.45, 7) is 3.03. The molecule has 1 aromatic rings. The lowest BCUT2D eigenvalue weighted by Gasteiger charge is -2.40. The van der Waals surface area contributed by atoms with Gasteiger partial charge < -0.3 is 4.74 Å². The Morgan fingerprint density at radius 3 is 2.41 bits per heavy atom. The quantitative estimate of drug-likeness (QED) is 0.747. The summed E-state index contributed by atoms with van der Waals surface area (Å²) in [5, 5.41) is 0. The molecule has 2 rings (SSSR count). The monoisotopic (exact) mass is 250 g/mol. The molecule has 0 radical (unpaired) electrons. The predicted molar refractivity (Wildman–Crippen MR) is 76.1 cm³/mol. The molecule has 1 aromatic carbocycles. The van der Waals surface area contributed by atoms with Crippen LogP contribution in [-0.4, -0.2) is 12.4 Å². The largest absolute Gasteiger partial charge is 0.493 e. The molecule has 17 heavy (non-hydrogen) atoms. The number of aryl methyl sites for hydroxylation is 1. The van der Waals surface area contributed by atoms with Gasteiger partial charge in [-0.2, -0.15) is 12.6 Å². The summed E-state index contributed by atoms with van der Waals surface area (Å²) in [7, 11) is 0. The van der Waals surface area contributed by atoms with Gasteiger partial charge in [-0.3, -0.25) is 0 Å². The van der Waals surface area contributed by atoms with E-state index in [-0.39, 0.29) is 0 Å². The van der Waals surface area contributed by atoms with E-state index < -0.39 is 0 Å². The van der Waals surface area contributed by atoms with E-state index in [0.717, 1.165) is 24.5 Å². The molecule has 1 fully saturated rings. The first-order valence-electron chi connectivity index (χ1n) is 6.61. The molecule has 1 aliphatic rings. The number of hydrogen-bond acceptors (Lipinski definition) is 2. The van der Waals surface area contributed by atoms with E-state index in [1.54, 1.807) is 0 Å². The number of rotatable bonds is 6. The summed E-state index contributed by atoms with van der Waals surface area (Å²) in [5.74, 6) is 1.94. The van der Waals surface area contributed by atoms with Crippen LogP contribution in [0.2, 0.25) is 0 Å². The third-order valence-corrected chi connectivity index (χ3v) is 4.43. The van der Waals surface area contributed by atoms with Crippen molar-refractivity contribution in [3.63, 3.8) is 0 Å². The van der Waals surface area contributed by atoms with Gasteiger partial charge in [-0.15, -0.1) is 0 Å². The molecule has 0 heterocycles. The minimum absolute atomic E-state index is 0.352. The molecule has 1 saturated carbocycles. The first kappa shape index (κ1) is 12.8. The van der Waals surface area contributed by atoms with Gasteiger partial charge in [0.05, 0.1) is 6.61 Å². The maximum atomic E-state index is 5.89. The molecule has 0 saturated heterocycles. The molecular weight excluding hydrogens is 228 g/mol. The highest BCUT2D eigenvalue weighted by molar-refractivity contribution is 7.80. The first-order chi connectivity index (χ1) is 8.28. The van der Waals surface area contributed by atoms with E-state index >= 15 is 0 Å². The summed E-state index contributed by atoms with van der Waals surface area (Å²) < 4.78 is 5.89. The first-order valence-corrected chi connectivity index (χ1v) is 7.24. The van der Waals surface area contributed by atoms with Crippen LogP contribution in [-0.2, 0) is 6.42 Å². The molecule has 2 heteroatoms. The lowest BCUT2D eigenvalue weighted by molar-refractivity contribution is 0.0829. The maximum Gasteiger partial charge on any atom is 0.119 e. The number of benzene rings is 1. The molecule has 0 spiro atoms. The van der Waals surface area contributed by atoms with Crippen LogP contribution in [0.1, 0.15) is 38.2 Å². The topological polar surface area (TPSA) is 9.23 Å². The molecule has 0 unspecified atom stereocenters. The Balaban J connectivity index is 1.86. The summed E-state index contributed by atoms with van der Waals surface area (Å²) in [6, 6.07) is 8.53. The average Bonchev–Trinajstić information content (AvgIpc) is 2.31. The summed E-state index contributed by atoms with van der Waals surface area (Å²) in [4.78, 5) is 0. The van der Waals surface area contributed by atoms with Gasteiger partial charge in [0.15, 0.2) is 0 Å². The van der Waals surface area contributed by atoms with Crippen LogP contribution in [0.3, 0.4) is 0 Å². The van der Waals surface area contributed by atoms with E-state index in [4.69, 9.17) is 4.74 Å². The average molecular weight is 250 g/mol. The smallest absolute Gasteiger partial charge is 0.119 e. The molecule has 0 N–H and O–H groups in total. The second kappa shape index (κ2) is 5.81. The van der Waals surface area contributed by atoms with Gasteiger partial charge in [0.2, 0.25) is 0 Å². The van der Waals surface area contributed by atoms with Gasteiger partial charge >= 0.3 is 0 Å². The summed E-state index contributed by atoms with van der Waals surface area (Å²) in [5.41, 5.74) is 1.75. The second-order valence-electron chi connectivity index (χ2n) is 5.19. The van der Waals surface area contributed by atoms with Crippen LogP contribution < -0.4 is 4.74 Å². The summed E-state index contributed by atoms with van der Waals surface area (Å²) in [6.07, 6.45) is 6.22. The Bertz CT molecular complexity index is 335. The molecule has 1 nitrogen and oxygen atoms in total. The van der Waals surface area contributed by atoms with Gasteiger partial charge in [-0.1, -0.05) is 31.9 Å². The van der Waals surface area contributed by atoms with Crippen molar-refractivity contribution in [1.82, 2.24) is 0 Å². The van der Waals surface area contributed by atoms with E-state index in [2.05, 4.69) is 43.8 Å². The Morgan fingerprint density at radius 1 is 1.24 bits per heavy atom. The van der Waals surface area contributed by atoms with Crippen LogP contribution in [0.5, 0.6) is 5.75 Å². The molecule has 0 bridgehead atoms. The zero-order valence-electron chi connectivity index (χ0n) is 10.6.